The van der Waals surface area contributed by atoms with Crippen LogP contribution in [0.1, 0.15) is 35.8 Å². The van der Waals surface area contributed by atoms with Gasteiger partial charge < -0.3 is 14.2 Å². The van der Waals surface area contributed by atoms with Crippen molar-refractivity contribution in [1.29, 1.82) is 0 Å². The van der Waals surface area contributed by atoms with Crippen molar-refractivity contribution in [3.63, 3.8) is 0 Å². The Labute approximate surface area is 181 Å². The summed E-state index contributed by atoms with van der Waals surface area (Å²) in [6, 6.07) is 8.78. The number of hydrogen-bond donors (Lipinski definition) is 0. The summed E-state index contributed by atoms with van der Waals surface area (Å²) in [5.41, 5.74) is 2.68. The fourth-order valence-corrected chi connectivity index (χ4v) is 5.05. The summed E-state index contributed by atoms with van der Waals surface area (Å²) in [6.07, 6.45) is 6.56. The molecule has 2 aromatic rings. The Morgan fingerprint density at radius 3 is 1.45 bits per heavy atom. The van der Waals surface area contributed by atoms with Gasteiger partial charge in [-0.2, -0.15) is 0 Å². The van der Waals surface area contributed by atoms with Crippen molar-refractivity contribution in [2.24, 2.45) is 0 Å². The van der Waals surface area contributed by atoms with Gasteiger partial charge in [0.15, 0.2) is 0 Å². The topological polar surface area (TPSA) is 53.5 Å². The number of pyridine rings is 2. The van der Waals surface area contributed by atoms with E-state index in [4.69, 9.17) is 14.2 Å². The summed E-state index contributed by atoms with van der Waals surface area (Å²) in [5, 5.41) is 2.12. The quantitative estimate of drug-likeness (QED) is 0.612. The van der Waals surface area contributed by atoms with Crippen molar-refractivity contribution in [2.45, 2.75) is 34.7 Å². The van der Waals surface area contributed by atoms with E-state index in [-0.39, 0.29) is 0 Å². The Balaban J connectivity index is 1.39. The zero-order chi connectivity index (χ0) is 19.7. The zero-order valence-corrected chi connectivity index (χ0v) is 18.3. The van der Waals surface area contributed by atoms with Crippen LogP contribution in [0.3, 0.4) is 0 Å². The van der Waals surface area contributed by atoms with Gasteiger partial charge in [-0.15, -0.1) is 23.5 Å². The van der Waals surface area contributed by atoms with Crippen LogP contribution in [-0.2, 0) is 14.2 Å². The van der Waals surface area contributed by atoms with E-state index in [9.17, 15) is 0 Å². The van der Waals surface area contributed by atoms with Crippen molar-refractivity contribution >= 4 is 23.5 Å². The number of hydrogen-bond acceptors (Lipinski definition) is 7. The van der Waals surface area contributed by atoms with E-state index in [1.807, 2.05) is 0 Å². The first-order valence-corrected chi connectivity index (χ1v) is 12.3. The van der Waals surface area contributed by atoms with Gasteiger partial charge in [0.2, 0.25) is 0 Å². The van der Waals surface area contributed by atoms with Gasteiger partial charge in [0, 0.05) is 23.9 Å². The van der Waals surface area contributed by atoms with E-state index in [1.165, 1.54) is 24.0 Å². The third-order valence-corrected chi connectivity index (χ3v) is 7.16. The number of aromatic nitrogens is 2. The molecule has 4 bridgehead atoms. The summed E-state index contributed by atoms with van der Waals surface area (Å²) in [4.78, 5) is 9.33. The Morgan fingerprint density at radius 2 is 1.07 bits per heavy atom. The molecule has 7 heteroatoms. The van der Waals surface area contributed by atoms with Gasteiger partial charge >= 0.3 is 0 Å². The molecule has 2 aromatic heterocycles. The third-order valence-electron chi connectivity index (χ3n) is 5.35. The minimum Gasteiger partial charge on any atom is -0.378 e. The molecule has 0 amide bonds. The van der Waals surface area contributed by atoms with Crippen LogP contribution < -0.4 is 0 Å². The van der Waals surface area contributed by atoms with Crippen molar-refractivity contribution in [3.05, 3.63) is 47.8 Å². The number of ether oxygens (including phenoxy) is 3. The summed E-state index contributed by atoms with van der Waals surface area (Å²) in [7, 11) is 0. The molecule has 2 unspecified atom stereocenters. The van der Waals surface area contributed by atoms with Crippen LogP contribution in [0.15, 0.2) is 46.7 Å². The molecule has 0 N–H and O–H groups in total. The third kappa shape index (κ3) is 6.18. The number of fused-ring (bicyclic) bond motifs is 2. The molecule has 3 aliphatic heterocycles. The van der Waals surface area contributed by atoms with E-state index in [1.54, 1.807) is 23.5 Å². The molecule has 5 nitrogen and oxygen atoms in total. The van der Waals surface area contributed by atoms with Gasteiger partial charge in [-0.25, -0.2) is 9.97 Å². The van der Waals surface area contributed by atoms with E-state index in [0.29, 0.717) is 51.5 Å². The number of nitrogens with zero attached hydrogens (tertiary/aromatic N) is 2. The van der Waals surface area contributed by atoms with Gasteiger partial charge in [0.25, 0.3) is 0 Å². The molecule has 5 heterocycles. The predicted molar refractivity (Wildman–Crippen MR) is 117 cm³/mol. The van der Waals surface area contributed by atoms with E-state index in [0.717, 1.165) is 21.6 Å². The van der Waals surface area contributed by atoms with Crippen LogP contribution >= 0.6 is 23.5 Å². The highest BCUT2D eigenvalue weighted by molar-refractivity contribution is 7.99. The Morgan fingerprint density at radius 1 is 0.621 bits per heavy atom. The number of rotatable bonds is 0. The monoisotopic (exact) mass is 432 g/mol. The Bertz CT molecular complexity index is 679. The molecule has 1 aliphatic carbocycles. The molecular weight excluding hydrogens is 404 g/mol. The number of thioether (sulfide) groups is 2. The molecule has 0 aromatic carbocycles. The molecular formula is C22H28N2O3S2. The smallest absolute Gasteiger partial charge is 0.0960 e. The molecule has 0 radical (unpaired) electrons. The minimum atomic E-state index is 0.556. The zero-order valence-electron chi connectivity index (χ0n) is 16.6. The highest BCUT2D eigenvalue weighted by Gasteiger charge is 2.33. The van der Waals surface area contributed by atoms with Gasteiger partial charge in [0.1, 0.15) is 0 Å². The second-order valence-electron chi connectivity index (χ2n) is 7.18. The van der Waals surface area contributed by atoms with E-state index < -0.39 is 0 Å². The van der Waals surface area contributed by atoms with Gasteiger partial charge in [0.05, 0.1) is 49.7 Å². The first kappa shape index (κ1) is 21.1. The fourth-order valence-electron chi connectivity index (χ4n) is 3.64. The standard InChI is InChI=1S/C22H28N2O3S2/c1-5-21-23-15-17(1)19-3-4-20(19)18-2-6-22(24-16-18)29-14-12-27-10-8-25-7-9-26-11-13-28-21/h1-2,5-6,15-16,19-20H,3-4,7-14H2. The second-order valence-corrected chi connectivity index (χ2v) is 9.41. The van der Waals surface area contributed by atoms with Crippen molar-refractivity contribution < 1.29 is 14.2 Å². The molecule has 6 rings (SSSR count). The Hall–Kier alpha value is -1.12. The lowest BCUT2D eigenvalue weighted by Gasteiger charge is -2.37. The van der Waals surface area contributed by atoms with Crippen molar-refractivity contribution in [1.82, 2.24) is 9.97 Å². The molecule has 2 atom stereocenters. The van der Waals surface area contributed by atoms with Crippen LogP contribution in [0.5, 0.6) is 0 Å². The lowest BCUT2D eigenvalue weighted by molar-refractivity contribution is 0.0205. The van der Waals surface area contributed by atoms with E-state index >= 15 is 0 Å². The molecule has 0 spiro atoms. The van der Waals surface area contributed by atoms with Crippen LogP contribution in [-0.4, -0.2) is 61.1 Å². The fraction of sp³-hybridized carbons (Fsp3) is 0.545. The average Bonchev–Trinajstić information content (AvgIpc) is 2.72. The maximum Gasteiger partial charge on any atom is 0.0960 e. The summed E-state index contributed by atoms with van der Waals surface area (Å²) < 4.78 is 16.8. The second kappa shape index (κ2) is 11.3. The Kier molecular flexibility index (Phi) is 8.25. The van der Waals surface area contributed by atoms with Gasteiger partial charge in [-0.3, -0.25) is 0 Å². The average molecular weight is 433 g/mol. The molecule has 156 valence electrons. The normalized spacial score (nSPS) is 24.6. The highest BCUT2D eigenvalue weighted by atomic mass is 32.2. The van der Waals surface area contributed by atoms with Gasteiger partial charge in [-0.05, 0) is 47.9 Å². The summed E-state index contributed by atoms with van der Waals surface area (Å²) in [5.74, 6) is 2.91. The predicted octanol–water partition coefficient (Wildman–Crippen LogP) is 4.39. The maximum atomic E-state index is 5.63. The van der Waals surface area contributed by atoms with Crippen molar-refractivity contribution in [2.75, 3.05) is 51.1 Å². The summed E-state index contributed by atoms with van der Waals surface area (Å²) >= 11 is 3.48. The summed E-state index contributed by atoms with van der Waals surface area (Å²) in [6.45, 7) is 3.86. The molecule has 0 saturated heterocycles. The molecule has 1 fully saturated rings. The minimum absolute atomic E-state index is 0.556. The molecule has 4 aliphatic rings. The molecule has 1 saturated carbocycles. The first-order chi connectivity index (χ1) is 14.4. The molecule has 29 heavy (non-hydrogen) atoms. The van der Waals surface area contributed by atoms with E-state index in [2.05, 4.69) is 46.6 Å². The highest BCUT2D eigenvalue weighted by Crippen LogP contribution is 2.48. The van der Waals surface area contributed by atoms with Crippen molar-refractivity contribution in [3.8, 4) is 0 Å². The van der Waals surface area contributed by atoms with Crippen LogP contribution in [0.25, 0.3) is 0 Å². The van der Waals surface area contributed by atoms with Gasteiger partial charge in [-0.1, -0.05) is 12.1 Å². The lowest BCUT2D eigenvalue weighted by Crippen LogP contribution is -2.22. The van der Waals surface area contributed by atoms with Crippen LogP contribution in [0.4, 0.5) is 0 Å². The maximum absolute atomic E-state index is 5.63. The largest absolute Gasteiger partial charge is 0.378 e. The van der Waals surface area contributed by atoms with Crippen LogP contribution in [0.2, 0.25) is 0 Å². The first-order valence-electron chi connectivity index (χ1n) is 10.3. The van der Waals surface area contributed by atoms with Crippen LogP contribution in [0, 0.1) is 0 Å². The lowest BCUT2D eigenvalue weighted by atomic mass is 9.67. The SMILES string of the molecule is c1cc2ncc1C1CCC1c1ccc(nc1)SCCOCCOCCOCCS2.